The lowest BCUT2D eigenvalue weighted by atomic mass is 9.49. The molecule has 4 bridgehead atoms. The fourth-order valence-corrected chi connectivity index (χ4v) is 7.47. The molecule has 5 aliphatic rings. The standard InChI is InChI=1S/C22H29ClN2O2/c1-27-19-5-3-2-4-18(19)24-6-8-25(9-7-24)20(26)21-11-16-10-17(12-21)14-22(23,13-16)15-21/h2-5,16-17H,6-15H2,1H3/t16-,17+,21?,22?. The number of carbonyl (C=O) groups excluding carboxylic acids is 1. The van der Waals surface area contributed by atoms with Crippen LogP contribution in [0.3, 0.4) is 0 Å². The fourth-order valence-electron chi connectivity index (χ4n) is 6.78. The maximum Gasteiger partial charge on any atom is 0.228 e. The summed E-state index contributed by atoms with van der Waals surface area (Å²) in [4.78, 5) is 17.9. The van der Waals surface area contributed by atoms with Gasteiger partial charge in [0.2, 0.25) is 5.91 Å². The molecule has 1 aliphatic heterocycles. The van der Waals surface area contributed by atoms with Gasteiger partial charge in [-0.05, 0) is 62.5 Å². The molecule has 5 heteroatoms. The number of amides is 1. The van der Waals surface area contributed by atoms with E-state index in [0.29, 0.717) is 17.7 Å². The lowest BCUT2D eigenvalue weighted by molar-refractivity contribution is -0.156. The Kier molecular flexibility index (Phi) is 4.12. The Balaban J connectivity index is 1.29. The predicted molar refractivity (Wildman–Crippen MR) is 107 cm³/mol. The minimum absolute atomic E-state index is 0.0982. The first kappa shape index (κ1) is 17.7. The highest BCUT2D eigenvalue weighted by molar-refractivity contribution is 6.24. The molecule has 4 nitrogen and oxygen atoms in total. The van der Waals surface area contributed by atoms with Crippen molar-refractivity contribution < 1.29 is 9.53 Å². The molecule has 0 radical (unpaired) electrons. The molecule has 1 amide bonds. The van der Waals surface area contributed by atoms with Crippen LogP contribution < -0.4 is 9.64 Å². The smallest absolute Gasteiger partial charge is 0.228 e. The molecule has 0 N–H and O–H groups in total. The molecule has 4 saturated carbocycles. The molecular weight excluding hydrogens is 360 g/mol. The zero-order chi connectivity index (χ0) is 18.6. The van der Waals surface area contributed by atoms with Gasteiger partial charge < -0.3 is 14.5 Å². The average molecular weight is 389 g/mol. The first-order chi connectivity index (χ1) is 13.0. The molecule has 0 spiro atoms. The van der Waals surface area contributed by atoms with Crippen LogP contribution in [0.5, 0.6) is 5.75 Å². The number of para-hydroxylation sites is 2. The Morgan fingerprint density at radius 3 is 2.37 bits per heavy atom. The highest BCUT2D eigenvalue weighted by Crippen LogP contribution is 2.64. The molecule has 5 fully saturated rings. The van der Waals surface area contributed by atoms with Gasteiger partial charge >= 0.3 is 0 Å². The van der Waals surface area contributed by atoms with E-state index in [9.17, 15) is 4.79 Å². The minimum Gasteiger partial charge on any atom is -0.495 e. The number of piperazine rings is 1. The summed E-state index contributed by atoms with van der Waals surface area (Å²) in [5, 5.41) is 0. The maximum atomic E-state index is 13.6. The lowest BCUT2D eigenvalue weighted by Crippen LogP contribution is -2.61. The minimum atomic E-state index is -0.168. The largest absolute Gasteiger partial charge is 0.495 e. The molecule has 146 valence electrons. The van der Waals surface area contributed by atoms with Crippen molar-refractivity contribution in [2.45, 2.75) is 43.4 Å². The number of anilines is 1. The molecule has 1 heterocycles. The summed E-state index contributed by atoms with van der Waals surface area (Å²) in [6.45, 7) is 3.31. The SMILES string of the molecule is COc1ccccc1N1CCN(C(=O)C23C[C@@H]4C[C@@H](CC(Cl)(C4)C2)C3)CC1. The molecule has 1 aromatic rings. The van der Waals surface area contributed by atoms with Crippen molar-refractivity contribution in [1.29, 1.82) is 0 Å². The van der Waals surface area contributed by atoms with Gasteiger partial charge in [-0.3, -0.25) is 4.79 Å². The summed E-state index contributed by atoms with van der Waals surface area (Å²) in [5.41, 5.74) is 0.958. The van der Waals surface area contributed by atoms with Gasteiger partial charge in [-0.1, -0.05) is 12.1 Å². The van der Waals surface area contributed by atoms with Gasteiger partial charge in [-0.2, -0.15) is 0 Å². The topological polar surface area (TPSA) is 32.8 Å². The molecule has 27 heavy (non-hydrogen) atoms. The third kappa shape index (κ3) is 2.91. The number of carbonyl (C=O) groups is 1. The van der Waals surface area contributed by atoms with Gasteiger partial charge in [0.05, 0.1) is 18.2 Å². The van der Waals surface area contributed by atoms with Crippen LogP contribution in [0.1, 0.15) is 38.5 Å². The van der Waals surface area contributed by atoms with E-state index in [4.69, 9.17) is 16.3 Å². The Morgan fingerprint density at radius 2 is 1.74 bits per heavy atom. The van der Waals surface area contributed by atoms with Crippen LogP contribution in [0.15, 0.2) is 24.3 Å². The monoisotopic (exact) mass is 388 g/mol. The number of methoxy groups -OCH3 is 1. The number of hydrogen-bond acceptors (Lipinski definition) is 3. The second-order valence-electron chi connectivity index (χ2n) is 9.34. The van der Waals surface area contributed by atoms with E-state index in [1.807, 2.05) is 18.2 Å². The lowest BCUT2D eigenvalue weighted by Gasteiger charge is -2.60. The molecule has 4 atom stereocenters. The zero-order valence-corrected chi connectivity index (χ0v) is 16.9. The van der Waals surface area contributed by atoms with Gasteiger partial charge in [0.1, 0.15) is 5.75 Å². The van der Waals surface area contributed by atoms with Crippen LogP contribution in [-0.2, 0) is 4.79 Å². The highest BCUT2D eigenvalue weighted by atomic mass is 35.5. The van der Waals surface area contributed by atoms with Gasteiger partial charge in [-0.15, -0.1) is 11.6 Å². The van der Waals surface area contributed by atoms with Crippen molar-refractivity contribution >= 4 is 23.2 Å². The van der Waals surface area contributed by atoms with E-state index in [-0.39, 0.29) is 10.3 Å². The van der Waals surface area contributed by atoms with Crippen LogP contribution in [0.25, 0.3) is 0 Å². The highest BCUT2D eigenvalue weighted by Gasteiger charge is 2.60. The Hall–Kier alpha value is -1.42. The van der Waals surface area contributed by atoms with Crippen LogP contribution >= 0.6 is 11.6 Å². The zero-order valence-electron chi connectivity index (χ0n) is 16.1. The van der Waals surface area contributed by atoms with Gasteiger partial charge in [0.25, 0.3) is 0 Å². The number of nitrogens with zero attached hydrogens (tertiary/aromatic N) is 2. The van der Waals surface area contributed by atoms with Crippen molar-refractivity contribution in [2.24, 2.45) is 17.3 Å². The van der Waals surface area contributed by atoms with Crippen LogP contribution in [0.2, 0.25) is 0 Å². The number of alkyl halides is 1. The summed E-state index contributed by atoms with van der Waals surface area (Å²) in [6.07, 6.45) is 6.60. The van der Waals surface area contributed by atoms with Crippen molar-refractivity contribution in [2.75, 3.05) is 38.2 Å². The summed E-state index contributed by atoms with van der Waals surface area (Å²) in [5.74, 6) is 2.63. The molecular formula is C22H29ClN2O2. The van der Waals surface area contributed by atoms with E-state index in [2.05, 4.69) is 15.9 Å². The number of halogens is 1. The third-order valence-electron chi connectivity index (χ3n) is 7.44. The fraction of sp³-hybridized carbons (Fsp3) is 0.682. The van der Waals surface area contributed by atoms with Crippen molar-refractivity contribution in [3.63, 3.8) is 0 Å². The van der Waals surface area contributed by atoms with E-state index >= 15 is 0 Å². The summed E-state index contributed by atoms with van der Waals surface area (Å²) < 4.78 is 5.51. The van der Waals surface area contributed by atoms with E-state index < -0.39 is 0 Å². The second kappa shape index (κ2) is 6.30. The van der Waals surface area contributed by atoms with E-state index in [1.165, 1.54) is 6.42 Å². The quantitative estimate of drug-likeness (QED) is 0.735. The number of hydrogen-bond donors (Lipinski definition) is 0. The van der Waals surface area contributed by atoms with Gasteiger partial charge in [0, 0.05) is 31.1 Å². The summed E-state index contributed by atoms with van der Waals surface area (Å²) >= 11 is 6.95. The summed E-state index contributed by atoms with van der Waals surface area (Å²) in [6, 6.07) is 8.15. The van der Waals surface area contributed by atoms with E-state index in [0.717, 1.165) is 69.7 Å². The molecule has 4 aliphatic carbocycles. The van der Waals surface area contributed by atoms with Crippen LogP contribution in [-0.4, -0.2) is 49.0 Å². The number of rotatable bonds is 3. The first-order valence-corrected chi connectivity index (χ1v) is 10.7. The first-order valence-electron chi connectivity index (χ1n) is 10.4. The Morgan fingerprint density at radius 1 is 1.07 bits per heavy atom. The number of benzene rings is 1. The van der Waals surface area contributed by atoms with Crippen molar-refractivity contribution in [3.05, 3.63) is 24.3 Å². The van der Waals surface area contributed by atoms with Crippen molar-refractivity contribution in [3.8, 4) is 5.75 Å². The Bertz CT molecular complexity index is 730. The second-order valence-corrected chi connectivity index (χ2v) is 10.1. The maximum absolute atomic E-state index is 13.6. The van der Waals surface area contributed by atoms with E-state index in [1.54, 1.807) is 7.11 Å². The number of ether oxygens (including phenoxy) is 1. The third-order valence-corrected chi connectivity index (χ3v) is 7.88. The van der Waals surface area contributed by atoms with Gasteiger partial charge in [0.15, 0.2) is 0 Å². The Labute approximate surface area is 166 Å². The van der Waals surface area contributed by atoms with Crippen LogP contribution in [0, 0.1) is 17.3 Å². The predicted octanol–water partition coefficient (Wildman–Crippen LogP) is 3.92. The molecule has 2 unspecified atom stereocenters. The molecule has 0 aromatic heterocycles. The molecule has 1 aromatic carbocycles. The molecule has 1 saturated heterocycles. The van der Waals surface area contributed by atoms with Crippen molar-refractivity contribution in [1.82, 2.24) is 4.90 Å². The molecule has 6 rings (SSSR count). The van der Waals surface area contributed by atoms with Gasteiger partial charge in [-0.25, -0.2) is 0 Å². The van der Waals surface area contributed by atoms with Crippen LogP contribution in [0.4, 0.5) is 5.69 Å². The summed E-state index contributed by atoms with van der Waals surface area (Å²) in [7, 11) is 1.72. The normalized spacial score (nSPS) is 37.6. The average Bonchev–Trinajstić information content (AvgIpc) is 2.65.